The summed E-state index contributed by atoms with van der Waals surface area (Å²) in [5.74, 6) is -1.22. The van der Waals surface area contributed by atoms with E-state index in [0.717, 1.165) is 9.80 Å². The molecule has 1 aliphatic rings. The maximum absolute atomic E-state index is 12.2. The van der Waals surface area contributed by atoms with Gasteiger partial charge in [-0.3, -0.25) is 14.5 Å². The second kappa shape index (κ2) is 6.26. The third-order valence-electron chi connectivity index (χ3n) is 3.46. The molecule has 0 unspecified atom stereocenters. The molecule has 3 rings (SSSR count). The number of imide groups is 1. The van der Waals surface area contributed by atoms with Crippen LogP contribution < -0.4 is 4.74 Å². The molecule has 0 saturated heterocycles. The quantitative estimate of drug-likeness (QED) is 0.374. The summed E-state index contributed by atoms with van der Waals surface area (Å²) in [6.45, 7) is -0.406. The number of hydrogen-bond acceptors (Lipinski definition) is 5. The van der Waals surface area contributed by atoms with E-state index in [-0.39, 0.29) is 0 Å². The Morgan fingerprint density at radius 3 is 2.09 bits per heavy atom. The third kappa shape index (κ3) is 2.98. The molecule has 0 N–H and O–H groups in total. The van der Waals surface area contributed by atoms with Crippen LogP contribution in [-0.2, 0) is 4.79 Å². The van der Waals surface area contributed by atoms with Gasteiger partial charge >= 0.3 is 5.97 Å². The van der Waals surface area contributed by atoms with Gasteiger partial charge in [-0.2, -0.15) is 0 Å². The molecule has 0 radical (unpaired) electrons. The highest BCUT2D eigenvalue weighted by Gasteiger charge is 2.36. The number of amides is 2. The maximum Gasteiger partial charge on any atom is 0.331 e. The van der Waals surface area contributed by atoms with E-state index in [0.29, 0.717) is 16.9 Å². The average molecular weight is 327 g/mol. The standard InChI is InChI=1S/C17H13NO4S/c1-23-12-8-6-11(7-9-12)22-15(19)10-18-16(20)13-4-2-3-5-14(13)17(18)21/h2-9H,10H2,1H3. The maximum atomic E-state index is 12.2. The van der Waals surface area contributed by atoms with Gasteiger partial charge in [-0.25, -0.2) is 4.79 Å². The van der Waals surface area contributed by atoms with Gasteiger partial charge in [0, 0.05) is 4.90 Å². The van der Waals surface area contributed by atoms with Crippen molar-refractivity contribution in [1.82, 2.24) is 4.90 Å². The Kier molecular flexibility index (Phi) is 4.16. The van der Waals surface area contributed by atoms with Crippen LogP contribution in [0.25, 0.3) is 0 Å². The summed E-state index contributed by atoms with van der Waals surface area (Å²) in [6, 6.07) is 13.5. The first-order valence-corrected chi connectivity index (χ1v) is 8.12. The van der Waals surface area contributed by atoms with Crippen LogP contribution in [-0.4, -0.2) is 35.5 Å². The number of carbonyl (C=O) groups excluding carboxylic acids is 3. The molecule has 5 nitrogen and oxygen atoms in total. The summed E-state index contributed by atoms with van der Waals surface area (Å²) in [4.78, 5) is 38.3. The Morgan fingerprint density at radius 2 is 1.57 bits per heavy atom. The van der Waals surface area contributed by atoms with Crippen LogP contribution in [0.4, 0.5) is 0 Å². The van der Waals surface area contributed by atoms with Gasteiger partial charge in [-0.05, 0) is 42.7 Å². The molecule has 0 aliphatic carbocycles. The second-order valence-corrected chi connectivity index (χ2v) is 5.77. The molecule has 6 heteroatoms. The molecule has 0 atom stereocenters. The smallest absolute Gasteiger partial charge is 0.331 e. The normalized spacial score (nSPS) is 13.2. The van der Waals surface area contributed by atoms with Crippen LogP contribution in [0.3, 0.4) is 0 Å². The van der Waals surface area contributed by atoms with Gasteiger partial charge in [0.25, 0.3) is 11.8 Å². The number of fused-ring (bicyclic) bond motifs is 1. The molecule has 116 valence electrons. The fourth-order valence-electron chi connectivity index (χ4n) is 2.32. The van der Waals surface area contributed by atoms with Crippen LogP contribution in [0, 0.1) is 0 Å². The number of nitrogens with zero attached hydrogens (tertiary/aromatic N) is 1. The highest BCUT2D eigenvalue weighted by Crippen LogP contribution is 2.23. The third-order valence-corrected chi connectivity index (χ3v) is 4.20. The van der Waals surface area contributed by atoms with Gasteiger partial charge in [-0.1, -0.05) is 12.1 Å². The largest absolute Gasteiger partial charge is 0.425 e. The van der Waals surface area contributed by atoms with E-state index in [4.69, 9.17) is 4.74 Å². The summed E-state index contributed by atoms with van der Waals surface area (Å²) >= 11 is 1.58. The summed E-state index contributed by atoms with van der Waals surface area (Å²) in [6.07, 6.45) is 1.95. The fourth-order valence-corrected chi connectivity index (χ4v) is 2.73. The number of carbonyl (C=O) groups is 3. The highest BCUT2D eigenvalue weighted by molar-refractivity contribution is 7.98. The molecule has 0 aromatic heterocycles. The summed E-state index contributed by atoms with van der Waals surface area (Å²) < 4.78 is 5.18. The Balaban J connectivity index is 1.69. The zero-order chi connectivity index (χ0) is 16.4. The van der Waals surface area contributed by atoms with Crippen molar-refractivity contribution in [3.63, 3.8) is 0 Å². The molecular formula is C17H13NO4S. The van der Waals surface area contributed by atoms with Gasteiger partial charge in [0.2, 0.25) is 0 Å². The summed E-state index contributed by atoms with van der Waals surface area (Å²) in [5.41, 5.74) is 0.629. The zero-order valence-corrected chi connectivity index (χ0v) is 13.1. The van der Waals surface area contributed by atoms with Gasteiger partial charge in [0.1, 0.15) is 12.3 Å². The SMILES string of the molecule is CSc1ccc(OC(=O)CN2C(=O)c3ccccc3C2=O)cc1. The van der Waals surface area contributed by atoms with Crippen molar-refractivity contribution >= 4 is 29.5 Å². The Bertz CT molecular complexity index is 750. The molecule has 2 amide bonds. The van der Waals surface area contributed by atoms with Crippen molar-refractivity contribution < 1.29 is 19.1 Å². The van der Waals surface area contributed by atoms with Crippen LogP contribution in [0.2, 0.25) is 0 Å². The number of hydrogen-bond donors (Lipinski definition) is 0. The fraction of sp³-hybridized carbons (Fsp3) is 0.118. The van der Waals surface area contributed by atoms with Crippen molar-refractivity contribution in [3.05, 3.63) is 59.7 Å². The predicted octanol–water partition coefficient (Wildman–Crippen LogP) is 2.61. The lowest BCUT2D eigenvalue weighted by atomic mass is 10.1. The predicted molar refractivity (Wildman–Crippen MR) is 85.7 cm³/mol. The lowest BCUT2D eigenvalue weighted by Gasteiger charge is -2.13. The first kappa shape index (κ1) is 15.3. The van der Waals surface area contributed by atoms with Crippen molar-refractivity contribution in [2.45, 2.75) is 4.90 Å². The minimum atomic E-state index is -0.656. The number of rotatable bonds is 4. The van der Waals surface area contributed by atoms with E-state index in [2.05, 4.69) is 0 Å². The average Bonchev–Trinajstić information content (AvgIpc) is 2.81. The van der Waals surface area contributed by atoms with Gasteiger partial charge < -0.3 is 4.74 Å². The first-order chi connectivity index (χ1) is 11.1. The van der Waals surface area contributed by atoms with E-state index in [1.165, 1.54) is 0 Å². The van der Waals surface area contributed by atoms with Crippen LogP contribution in [0.15, 0.2) is 53.4 Å². The lowest BCUT2D eigenvalue weighted by Crippen LogP contribution is -2.36. The molecule has 0 bridgehead atoms. The minimum absolute atomic E-state index is 0.314. The Labute approximate surface area is 137 Å². The zero-order valence-electron chi connectivity index (χ0n) is 12.3. The second-order valence-electron chi connectivity index (χ2n) is 4.89. The molecule has 1 aliphatic heterocycles. The molecule has 1 heterocycles. The van der Waals surface area contributed by atoms with Crippen molar-refractivity contribution in [1.29, 1.82) is 0 Å². The highest BCUT2D eigenvalue weighted by atomic mass is 32.2. The van der Waals surface area contributed by atoms with Crippen molar-refractivity contribution in [2.75, 3.05) is 12.8 Å². The molecule has 0 saturated carbocycles. The summed E-state index contributed by atoms with van der Waals surface area (Å²) in [5, 5.41) is 0. The van der Waals surface area contributed by atoms with E-state index < -0.39 is 24.3 Å². The lowest BCUT2D eigenvalue weighted by molar-refractivity contribution is -0.134. The van der Waals surface area contributed by atoms with Crippen LogP contribution in [0.1, 0.15) is 20.7 Å². The molecule has 0 spiro atoms. The van der Waals surface area contributed by atoms with Crippen molar-refractivity contribution in [3.8, 4) is 5.75 Å². The van der Waals surface area contributed by atoms with Gasteiger partial charge in [0.05, 0.1) is 11.1 Å². The molecule has 23 heavy (non-hydrogen) atoms. The van der Waals surface area contributed by atoms with Crippen molar-refractivity contribution in [2.24, 2.45) is 0 Å². The van der Waals surface area contributed by atoms with Gasteiger partial charge in [0.15, 0.2) is 0 Å². The van der Waals surface area contributed by atoms with E-state index in [1.54, 1.807) is 48.2 Å². The first-order valence-electron chi connectivity index (χ1n) is 6.90. The van der Waals surface area contributed by atoms with Gasteiger partial charge in [-0.15, -0.1) is 11.8 Å². The number of ether oxygens (including phenoxy) is 1. The van der Waals surface area contributed by atoms with Crippen LogP contribution >= 0.6 is 11.8 Å². The number of esters is 1. The van der Waals surface area contributed by atoms with E-state index >= 15 is 0 Å². The topological polar surface area (TPSA) is 63.7 Å². The number of benzene rings is 2. The molecular weight excluding hydrogens is 314 g/mol. The monoisotopic (exact) mass is 327 g/mol. The molecule has 2 aromatic carbocycles. The Hall–Kier alpha value is -2.60. The minimum Gasteiger partial charge on any atom is -0.425 e. The Morgan fingerprint density at radius 1 is 1.00 bits per heavy atom. The number of thioether (sulfide) groups is 1. The summed E-state index contributed by atoms with van der Waals surface area (Å²) in [7, 11) is 0. The van der Waals surface area contributed by atoms with E-state index in [9.17, 15) is 14.4 Å². The molecule has 0 fully saturated rings. The van der Waals surface area contributed by atoms with E-state index in [1.807, 2.05) is 18.4 Å². The van der Waals surface area contributed by atoms with Crippen LogP contribution in [0.5, 0.6) is 5.75 Å². The molecule has 2 aromatic rings.